The van der Waals surface area contributed by atoms with E-state index in [1.807, 2.05) is 30.3 Å². The van der Waals surface area contributed by atoms with Crippen molar-refractivity contribution in [3.63, 3.8) is 0 Å². The lowest BCUT2D eigenvalue weighted by Crippen LogP contribution is -2.45. The summed E-state index contributed by atoms with van der Waals surface area (Å²) in [6, 6.07) is 52.7. The summed E-state index contributed by atoms with van der Waals surface area (Å²) >= 11 is 0. The van der Waals surface area contributed by atoms with Gasteiger partial charge in [0.05, 0.1) is 0 Å². The molecular weight excluding hydrogens is 590 g/mol. The van der Waals surface area contributed by atoms with Crippen molar-refractivity contribution in [3.05, 3.63) is 168 Å². The van der Waals surface area contributed by atoms with Crippen molar-refractivity contribution in [2.24, 2.45) is 4.99 Å². The lowest BCUT2D eigenvalue weighted by atomic mass is 9.95. The van der Waals surface area contributed by atoms with Gasteiger partial charge in [-0.25, -0.2) is 4.99 Å². The summed E-state index contributed by atoms with van der Waals surface area (Å²) in [6.45, 7) is 0. The highest BCUT2D eigenvalue weighted by Crippen LogP contribution is 2.41. The minimum absolute atomic E-state index is 0.254. The van der Waals surface area contributed by atoms with Crippen LogP contribution in [0.2, 0.25) is 0 Å². The summed E-state index contributed by atoms with van der Waals surface area (Å²) in [5, 5.41) is 14.1. The normalized spacial score (nSPS) is 16.5. The summed E-state index contributed by atoms with van der Waals surface area (Å²) in [5.41, 5.74) is 8.94. The molecule has 0 saturated heterocycles. The standard InChI is InChI=1S/C43H29N3O2/c1-3-12-26(13-4-1)35-25-36-31-23-22-28(24-38(31)48-40(36)32-18-8-7-16-29(32)35)42-44-41(27-14-5-2-6-15-27)45-43(46-42)34-20-11-19-33-30-17-9-10-21-37(30)47-39(33)34/h1-25,42-43,46H,(H,44,45). The van der Waals surface area contributed by atoms with E-state index in [2.05, 4.69) is 132 Å². The average Bonchev–Trinajstić information content (AvgIpc) is 3.73. The predicted octanol–water partition coefficient (Wildman–Crippen LogP) is 10.6. The number of nitrogens with zero attached hydrogens (tertiary/aromatic N) is 1. The van der Waals surface area contributed by atoms with Crippen LogP contribution in [-0.4, -0.2) is 5.84 Å². The van der Waals surface area contributed by atoms with E-state index in [4.69, 9.17) is 13.8 Å². The van der Waals surface area contributed by atoms with Crippen LogP contribution in [-0.2, 0) is 0 Å². The van der Waals surface area contributed by atoms with Crippen LogP contribution in [0.4, 0.5) is 0 Å². The molecule has 3 heterocycles. The molecule has 0 fully saturated rings. The number of fused-ring (bicyclic) bond motifs is 8. The molecule has 2 aromatic heterocycles. The molecule has 2 atom stereocenters. The smallest absolute Gasteiger partial charge is 0.143 e. The fourth-order valence-corrected chi connectivity index (χ4v) is 7.27. The second-order valence-corrected chi connectivity index (χ2v) is 12.4. The Morgan fingerprint density at radius 3 is 1.96 bits per heavy atom. The molecule has 7 aromatic carbocycles. The van der Waals surface area contributed by atoms with Crippen molar-refractivity contribution in [3.8, 4) is 11.1 Å². The number of para-hydroxylation sites is 2. The van der Waals surface area contributed by atoms with Gasteiger partial charge < -0.3 is 14.2 Å². The van der Waals surface area contributed by atoms with E-state index >= 15 is 0 Å². The first-order chi connectivity index (χ1) is 23.8. The average molecular weight is 620 g/mol. The molecule has 0 bridgehead atoms. The highest BCUT2D eigenvalue weighted by molar-refractivity contribution is 6.19. The Morgan fingerprint density at radius 2 is 1.12 bits per heavy atom. The molecule has 5 heteroatoms. The van der Waals surface area contributed by atoms with Gasteiger partial charge in [0.1, 0.15) is 40.5 Å². The van der Waals surface area contributed by atoms with E-state index in [0.29, 0.717) is 0 Å². The van der Waals surface area contributed by atoms with Crippen molar-refractivity contribution in [2.45, 2.75) is 12.3 Å². The molecule has 1 aliphatic heterocycles. The van der Waals surface area contributed by atoms with E-state index in [9.17, 15) is 0 Å². The number of hydrogen-bond acceptors (Lipinski definition) is 5. The molecule has 1 aliphatic rings. The van der Waals surface area contributed by atoms with Gasteiger partial charge in [0.2, 0.25) is 0 Å². The van der Waals surface area contributed by atoms with Gasteiger partial charge in [0, 0.05) is 38.1 Å². The van der Waals surface area contributed by atoms with Crippen LogP contribution < -0.4 is 10.6 Å². The molecule has 228 valence electrons. The zero-order chi connectivity index (χ0) is 31.6. The lowest BCUT2D eigenvalue weighted by Gasteiger charge is -2.32. The van der Waals surface area contributed by atoms with Crippen molar-refractivity contribution in [1.82, 2.24) is 10.6 Å². The van der Waals surface area contributed by atoms with Crippen molar-refractivity contribution in [1.29, 1.82) is 0 Å². The maximum Gasteiger partial charge on any atom is 0.143 e. The summed E-state index contributed by atoms with van der Waals surface area (Å²) in [7, 11) is 0. The van der Waals surface area contributed by atoms with Crippen LogP contribution >= 0.6 is 0 Å². The van der Waals surface area contributed by atoms with Crippen LogP contribution in [0.5, 0.6) is 0 Å². The van der Waals surface area contributed by atoms with Crippen LogP contribution in [0, 0.1) is 0 Å². The Hall–Kier alpha value is -6.17. The van der Waals surface area contributed by atoms with Gasteiger partial charge in [0.15, 0.2) is 0 Å². The van der Waals surface area contributed by atoms with E-state index in [0.717, 1.165) is 71.8 Å². The molecule has 0 aliphatic carbocycles. The van der Waals surface area contributed by atoms with Crippen molar-refractivity contribution >= 4 is 60.5 Å². The lowest BCUT2D eigenvalue weighted by molar-refractivity contribution is 0.408. The Kier molecular flexibility index (Phi) is 6.01. The van der Waals surface area contributed by atoms with Gasteiger partial charge in [-0.1, -0.05) is 133 Å². The summed E-state index contributed by atoms with van der Waals surface area (Å²) in [6.07, 6.45) is -0.587. The third kappa shape index (κ3) is 4.25. The number of rotatable bonds is 4. The molecular formula is C43H29N3O2. The summed E-state index contributed by atoms with van der Waals surface area (Å²) in [4.78, 5) is 5.21. The number of aliphatic imine (C=N–C) groups is 1. The second-order valence-electron chi connectivity index (χ2n) is 12.4. The number of amidine groups is 1. The van der Waals surface area contributed by atoms with Gasteiger partial charge >= 0.3 is 0 Å². The van der Waals surface area contributed by atoms with E-state index < -0.39 is 0 Å². The second kappa shape index (κ2) is 10.7. The molecule has 10 rings (SSSR count). The van der Waals surface area contributed by atoms with E-state index in [1.165, 1.54) is 16.5 Å². The number of hydrogen-bond donors (Lipinski definition) is 2. The number of furan rings is 2. The molecule has 5 nitrogen and oxygen atoms in total. The molecule has 2 unspecified atom stereocenters. The largest absolute Gasteiger partial charge is 0.456 e. The van der Waals surface area contributed by atoms with Crippen LogP contribution in [0.1, 0.15) is 29.0 Å². The first-order valence-electron chi connectivity index (χ1n) is 16.3. The van der Waals surface area contributed by atoms with Crippen LogP contribution in [0.25, 0.3) is 65.8 Å². The monoisotopic (exact) mass is 619 g/mol. The minimum Gasteiger partial charge on any atom is -0.456 e. The van der Waals surface area contributed by atoms with Gasteiger partial charge in [-0.05, 0) is 40.3 Å². The zero-order valence-corrected chi connectivity index (χ0v) is 25.9. The van der Waals surface area contributed by atoms with Crippen LogP contribution in [0.3, 0.4) is 0 Å². The van der Waals surface area contributed by atoms with E-state index in [1.54, 1.807) is 0 Å². The maximum atomic E-state index is 6.70. The van der Waals surface area contributed by atoms with Gasteiger partial charge in [-0.3, -0.25) is 5.32 Å². The van der Waals surface area contributed by atoms with E-state index in [-0.39, 0.29) is 12.3 Å². The minimum atomic E-state index is -0.333. The zero-order valence-electron chi connectivity index (χ0n) is 25.9. The number of benzene rings is 7. The fraction of sp³-hybridized carbons (Fsp3) is 0.0465. The molecule has 48 heavy (non-hydrogen) atoms. The highest BCUT2D eigenvalue weighted by atomic mass is 16.3. The van der Waals surface area contributed by atoms with Gasteiger partial charge in [0.25, 0.3) is 0 Å². The Morgan fingerprint density at radius 1 is 0.479 bits per heavy atom. The fourth-order valence-electron chi connectivity index (χ4n) is 7.27. The maximum absolute atomic E-state index is 6.70. The predicted molar refractivity (Wildman–Crippen MR) is 195 cm³/mol. The van der Waals surface area contributed by atoms with Gasteiger partial charge in [-0.2, -0.15) is 0 Å². The first kappa shape index (κ1) is 27.0. The molecule has 0 spiro atoms. The van der Waals surface area contributed by atoms with Crippen LogP contribution in [0.15, 0.2) is 165 Å². The number of nitrogens with one attached hydrogen (secondary N) is 2. The third-order valence-electron chi connectivity index (χ3n) is 9.56. The topological polar surface area (TPSA) is 62.7 Å². The van der Waals surface area contributed by atoms with Crippen molar-refractivity contribution in [2.75, 3.05) is 0 Å². The third-order valence-corrected chi connectivity index (χ3v) is 9.56. The van der Waals surface area contributed by atoms with Crippen molar-refractivity contribution < 1.29 is 8.83 Å². The Bertz CT molecular complexity index is 2690. The first-order valence-corrected chi connectivity index (χ1v) is 16.3. The molecule has 0 saturated carbocycles. The molecule has 0 radical (unpaired) electrons. The quantitative estimate of drug-likeness (QED) is 0.206. The Labute approximate surface area is 276 Å². The molecule has 9 aromatic rings. The molecule has 0 amide bonds. The summed E-state index contributed by atoms with van der Waals surface area (Å²) in [5.74, 6) is 0.820. The Balaban J connectivity index is 1.12. The molecule has 2 N–H and O–H groups in total. The highest BCUT2D eigenvalue weighted by Gasteiger charge is 2.28. The van der Waals surface area contributed by atoms with Gasteiger partial charge in [-0.15, -0.1) is 0 Å². The summed E-state index contributed by atoms with van der Waals surface area (Å²) < 4.78 is 13.1. The SMILES string of the molecule is c1ccc(C2=NC(c3ccc4c(c3)oc3c5ccccc5c(-c5ccccc5)cc43)NC(c3cccc4c3oc3ccccc34)N2)cc1.